The highest BCUT2D eigenvalue weighted by molar-refractivity contribution is 5.87. The van der Waals surface area contributed by atoms with Crippen LogP contribution in [0.2, 0.25) is 0 Å². The lowest BCUT2D eigenvalue weighted by Gasteiger charge is -2.14. The van der Waals surface area contributed by atoms with Crippen molar-refractivity contribution in [3.8, 4) is 0 Å². The van der Waals surface area contributed by atoms with Gasteiger partial charge in [0.25, 0.3) is 0 Å². The third-order valence-corrected chi connectivity index (χ3v) is 4.35. The Morgan fingerprint density at radius 3 is 2.75 bits per heavy atom. The van der Waals surface area contributed by atoms with Crippen molar-refractivity contribution in [1.29, 1.82) is 0 Å². The van der Waals surface area contributed by atoms with Crippen molar-refractivity contribution in [2.75, 3.05) is 13.3 Å². The van der Waals surface area contributed by atoms with Gasteiger partial charge in [0.05, 0.1) is 11.2 Å². The molecular formula is C20H18N2O2. The van der Waals surface area contributed by atoms with Crippen molar-refractivity contribution in [2.45, 2.75) is 12.6 Å². The van der Waals surface area contributed by atoms with Crippen LogP contribution in [0.3, 0.4) is 0 Å². The number of carbonyl (C=O) groups is 1. The fourth-order valence-electron chi connectivity index (χ4n) is 3.15. The van der Waals surface area contributed by atoms with Gasteiger partial charge in [0.2, 0.25) is 0 Å². The molecule has 1 aliphatic rings. The molecule has 3 aromatic rings. The number of carbonyl (C=O) groups excluding carboxylic acids is 1. The first kappa shape index (κ1) is 15.0. The van der Waals surface area contributed by atoms with Gasteiger partial charge in [0, 0.05) is 24.0 Å². The molecule has 1 fully saturated rings. The van der Waals surface area contributed by atoms with Crippen molar-refractivity contribution in [3.63, 3.8) is 0 Å². The Bertz CT molecular complexity index is 864. The number of para-hydroxylation sites is 1. The zero-order valence-electron chi connectivity index (χ0n) is 13.3. The first-order valence-electron chi connectivity index (χ1n) is 8.06. The molecule has 2 heterocycles. The Labute approximate surface area is 140 Å². The number of fused-ring (bicyclic) bond motifs is 1. The zero-order chi connectivity index (χ0) is 16.4. The fourth-order valence-corrected chi connectivity index (χ4v) is 3.15. The van der Waals surface area contributed by atoms with Gasteiger partial charge in [-0.2, -0.15) is 0 Å². The van der Waals surface area contributed by atoms with E-state index in [1.54, 1.807) is 0 Å². The average molecular weight is 318 g/mol. The lowest BCUT2D eigenvalue weighted by Crippen LogP contribution is -2.20. The van der Waals surface area contributed by atoms with E-state index in [1.165, 1.54) is 5.56 Å². The Morgan fingerprint density at radius 2 is 1.92 bits per heavy atom. The van der Waals surface area contributed by atoms with Gasteiger partial charge < -0.3 is 4.74 Å². The number of hydrogen-bond donors (Lipinski definition) is 0. The van der Waals surface area contributed by atoms with E-state index in [9.17, 15) is 4.79 Å². The van der Waals surface area contributed by atoms with Crippen LogP contribution in [0.5, 0.6) is 0 Å². The molecule has 4 rings (SSSR count). The van der Waals surface area contributed by atoms with Crippen LogP contribution in [0.25, 0.3) is 10.9 Å². The number of hydrogen-bond acceptors (Lipinski definition) is 4. The van der Waals surface area contributed by atoms with Gasteiger partial charge >= 0.3 is 0 Å². The van der Waals surface area contributed by atoms with Crippen LogP contribution in [0.15, 0.2) is 60.7 Å². The summed E-state index contributed by atoms with van der Waals surface area (Å²) in [5.41, 5.74) is 3.49. The fraction of sp³-hybridized carbons (Fsp3) is 0.200. The molecule has 0 amide bonds. The lowest BCUT2D eigenvalue weighted by molar-refractivity contribution is 0.0850. The maximum atomic E-state index is 11.5. The van der Waals surface area contributed by atoms with Gasteiger partial charge in [-0.25, -0.2) is 4.98 Å². The topological polar surface area (TPSA) is 42.4 Å². The summed E-state index contributed by atoms with van der Waals surface area (Å²) in [6.45, 7) is 2.12. The van der Waals surface area contributed by atoms with Crippen LogP contribution in [-0.2, 0) is 11.3 Å². The summed E-state index contributed by atoms with van der Waals surface area (Å²) in [6, 6.07) is 20.1. The summed E-state index contributed by atoms with van der Waals surface area (Å²) >= 11 is 0. The van der Waals surface area contributed by atoms with Crippen molar-refractivity contribution in [2.24, 2.45) is 0 Å². The summed E-state index contributed by atoms with van der Waals surface area (Å²) < 4.78 is 5.92. The second-order valence-electron chi connectivity index (χ2n) is 6.05. The molecule has 4 nitrogen and oxygen atoms in total. The number of benzene rings is 2. The molecule has 0 spiro atoms. The van der Waals surface area contributed by atoms with Gasteiger partial charge in [-0.05, 0) is 17.7 Å². The largest absolute Gasteiger partial charge is 0.355 e. The van der Waals surface area contributed by atoms with Crippen molar-refractivity contribution < 1.29 is 9.53 Å². The van der Waals surface area contributed by atoms with E-state index < -0.39 is 0 Å². The highest BCUT2D eigenvalue weighted by atomic mass is 16.5. The minimum atomic E-state index is -0.168. The van der Waals surface area contributed by atoms with Gasteiger partial charge in [0.15, 0.2) is 6.29 Å². The summed E-state index contributed by atoms with van der Waals surface area (Å²) in [5, 5.41) is 0.975. The molecule has 4 heteroatoms. The average Bonchev–Trinajstić information content (AvgIpc) is 3.09. The van der Waals surface area contributed by atoms with Crippen LogP contribution >= 0.6 is 0 Å². The van der Waals surface area contributed by atoms with Crippen LogP contribution in [0, 0.1) is 0 Å². The smallest absolute Gasteiger partial charge is 0.152 e. The number of rotatable bonds is 4. The molecule has 1 atom stereocenters. The Kier molecular flexibility index (Phi) is 4.07. The molecular weight excluding hydrogens is 300 g/mol. The molecule has 120 valence electrons. The molecule has 0 N–H and O–H groups in total. The minimum absolute atomic E-state index is 0.168. The highest BCUT2D eigenvalue weighted by Gasteiger charge is 2.28. The SMILES string of the molecule is O=Cc1cc2ccccc2nc1C1CN(Cc2ccccc2)CO1. The van der Waals surface area contributed by atoms with E-state index in [-0.39, 0.29) is 6.10 Å². The van der Waals surface area contributed by atoms with Crippen LogP contribution in [0.1, 0.15) is 27.7 Å². The molecule has 1 saturated heterocycles. The molecule has 1 unspecified atom stereocenters. The second kappa shape index (κ2) is 6.51. The third kappa shape index (κ3) is 2.94. The minimum Gasteiger partial charge on any atom is -0.355 e. The summed E-state index contributed by atoms with van der Waals surface area (Å²) in [5.74, 6) is 0. The number of ether oxygens (including phenoxy) is 1. The second-order valence-corrected chi connectivity index (χ2v) is 6.05. The van der Waals surface area contributed by atoms with Crippen molar-refractivity contribution >= 4 is 17.2 Å². The standard InChI is InChI=1S/C20H18N2O2/c23-13-17-10-16-8-4-5-9-18(16)21-20(17)19-12-22(14-24-19)11-15-6-2-1-3-7-15/h1-10,13,19H,11-12,14H2. The Hall–Kier alpha value is -2.56. The molecule has 0 aliphatic carbocycles. The van der Waals surface area contributed by atoms with E-state index in [1.807, 2.05) is 48.5 Å². The van der Waals surface area contributed by atoms with Crippen molar-refractivity contribution in [3.05, 3.63) is 77.5 Å². The van der Waals surface area contributed by atoms with Gasteiger partial charge in [0.1, 0.15) is 12.8 Å². The molecule has 24 heavy (non-hydrogen) atoms. The summed E-state index contributed by atoms with van der Waals surface area (Å²) in [4.78, 5) is 18.4. The number of nitrogens with zero attached hydrogens (tertiary/aromatic N) is 2. The van der Waals surface area contributed by atoms with Crippen LogP contribution < -0.4 is 0 Å². The lowest BCUT2D eigenvalue weighted by atomic mass is 10.1. The molecule has 2 aromatic carbocycles. The Morgan fingerprint density at radius 1 is 1.12 bits per heavy atom. The van der Waals surface area contributed by atoms with E-state index in [0.29, 0.717) is 12.3 Å². The predicted octanol–water partition coefficient (Wildman–Crippen LogP) is 3.58. The first-order chi connectivity index (χ1) is 11.8. The van der Waals surface area contributed by atoms with E-state index in [2.05, 4.69) is 22.0 Å². The third-order valence-electron chi connectivity index (χ3n) is 4.35. The van der Waals surface area contributed by atoms with Crippen LogP contribution in [-0.4, -0.2) is 29.4 Å². The number of pyridine rings is 1. The molecule has 0 bridgehead atoms. The normalized spacial score (nSPS) is 18.1. The van der Waals surface area contributed by atoms with E-state index in [0.717, 1.165) is 36.0 Å². The monoisotopic (exact) mass is 318 g/mol. The quantitative estimate of drug-likeness (QED) is 0.690. The number of aromatic nitrogens is 1. The molecule has 0 saturated carbocycles. The molecule has 0 radical (unpaired) electrons. The number of aldehydes is 1. The summed E-state index contributed by atoms with van der Waals surface area (Å²) in [6.07, 6.45) is 0.705. The predicted molar refractivity (Wildman–Crippen MR) is 92.7 cm³/mol. The van der Waals surface area contributed by atoms with E-state index in [4.69, 9.17) is 4.74 Å². The highest BCUT2D eigenvalue weighted by Crippen LogP contribution is 2.28. The first-order valence-corrected chi connectivity index (χ1v) is 8.06. The Balaban J connectivity index is 1.58. The van der Waals surface area contributed by atoms with Gasteiger partial charge in [-0.3, -0.25) is 9.69 Å². The molecule has 1 aliphatic heterocycles. The van der Waals surface area contributed by atoms with Gasteiger partial charge in [-0.1, -0.05) is 48.5 Å². The molecule has 1 aromatic heterocycles. The van der Waals surface area contributed by atoms with Gasteiger partial charge in [-0.15, -0.1) is 0 Å². The zero-order valence-corrected chi connectivity index (χ0v) is 13.3. The maximum absolute atomic E-state index is 11.5. The van der Waals surface area contributed by atoms with Crippen molar-refractivity contribution in [1.82, 2.24) is 9.88 Å². The summed E-state index contributed by atoms with van der Waals surface area (Å²) in [7, 11) is 0. The van der Waals surface area contributed by atoms with E-state index >= 15 is 0 Å². The maximum Gasteiger partial charge on any atom is 0.152 e. The van der Waals surface area contributed by atoms with Crippen LogP contribution in [0.4, 0.5) is 0 Å².